The average molecular weight is 348 g/mol. The van der Waals surface area contributed by atoms with E-state index in [0.29, 0.717) is 5.95 Å². The molecule has 0 atom stereocenters. The summed E-state index contributed by atoms with van der Waals surface area (Å²) in [5, 5.41) is 6.07. The predicted octanol–water partition coefficient (Wildman–Crippen LogP) is 5.61. The van der Waals surface area contributed by atoms with Crippen molar-refractivity contribution >= 4 is 23.1 Å². The van der Waals surface area contributed by atoms with Crippen molar-refractivity contribution in [2.75, 3.05) is 10.6 Å². The third kappa shape index (κ3) is 4.89. The molecule has 2 aromatic carbocycles. The summed E-state index contributed by atoms with van der Waals surface area (Å²) in [5.74, 6) is -0.0343. The van der Waals surface area contributed by atoms with Gasteiger partial charge in [0.15, 0.2) is 11.6 Å². The van der Waals surface area contributed by atoms with E-state index in [-0.39, 0.29) is 5.82 Å². The van der Waals surface area contributed by atoms with Crippen LogP contribution in [-0.4, -0.2) is 9.97 Å². The zero-order valence-corrected chi connectivity index (χ0v) is 14.8. The Hall–Kier alpha value is -3.21. The van der Waals surface area contributed by atoms with Crippen molar-refractivity contribution in [3.05, 3.63) is 83.8 Å². The van der Waals surface area contributed by atoms with Gasteiger partial charge >= 0.3 is 0 Å². The Kier molecular flexibility index (Phi) is 5.59. The van der Waals surface area contributed by atoms with Crippen LogP contribution < -0.4 is 10.6 Å². The number of aromatic nitrogens is 2. The lowest BCUT2D eigenvalue weighted by molar-refractivity contribution is 0.619. The van der Waals surface area contributed by atoms with Gasteiger partial charge in [0.2, 0.25) is 5.95 Å². The van der Waals surface area contributed by atoms with Crippen LogP contribution in [0.25, 0.3) is 0 Å². The molecule has 0 saturated carbocycles. The number of para-hydroxylation sites is 1. The van der Waals surface area contributed by atoms with Gasteiger partial charge in [-0.1, -0.05) is 42.0 Å². The van der Waals surface area contributed by atoms with Crippen molar-refractivity contribution in [3.63, 3.8) is 0 Å². The Morgan fingerprint density at radius 1 is 0.962 bits per heavy atom. The molecule has 0 spiro atoms. The molecule has 1 aromatic heterocycles. The van der Waals surface area contributed by atoms with Crippen LogP contribution in [0.5, 0.6) is 0 Å². The fourth-order valence-corrected chi connectivity index (χ4v) is 2.35. The molecule has 0 unspecified atom stereocenters. The lowest BCUT2D eigenvalue weighted by atomic mass is 10.1. The van der Waals surface area contributed by atoms with E-state index in [1.807, 2.05) is 54.6 Å². The van der Waals surface area contributed by atoms with E-state index in [1.54, 1.807) is 0 Å². The van der Waals surface area contributed by atoms with Crippen molar-refractivity contribution in [1.82, 2.24) is 9.97 Å². The van der Waals surface area contributed by atoms with Gasteiger partial charge in [-0.2, -0.15) is 4.98 Å². The van der Waals surface area contributed by atoms with Gasteiger partial charge in [0.1, 0.15) is 0 Å². The first kappa shape index (κ1) is 17.6. The molecule has 0 aliphatic rings. The van der Waals surface area contributed by atoms with Gasteiger partial charge in [-0.25, -0.2) is 9.37 Å². The van der Waals surface area contributed by atoms with E-state index in [1.165, 1.54) is 11.1 Å². The highest BCUT2D eigenvalue weighted by Gasteiger charge is 2.08. The Bertz CT molecular complexity index is 886. The summed E-state index contributed by atoms with van der Waals surface area (Å²) < 4.78 is 14.1. The highest BCUT2D eigenvalue weighted by molar-refractivity contribution is 5.60. The zero-order chi connectivity index (χ0) is 18.4. The van der Waals surface area contributed by atoms with E-state index >= 15 is 0 Å². The molecule has 0 saturated heterocycles. The molecule has 1 heterocycles. The third-order valence-corrected chi connectivity index (χ3v) is 3.74. The summed E-state index contributed by atoms with van der Waals surface area (Å²) in [6.07, 6.45) is 4.22. The predicted molar refractivity (Wildman–Crippen MR) is 105 cm³/mol. The van der Waals surface area contributed by atoms with E-state index < -0.39 is 5.82 Å². The van der Waals surface area contributed by atoms with E-state index in [2.05, 4.69) is 40.5 Å². The quantitative estimate of drug-likeness (QED) is 0.568. The standard InChI is InChI=1S/C21H21FN4/c1-15(2)8-9-16-10-12-18(13-11-16)24-20-19(22)14-23-21(26-20)25-17-6-4-3-5-7-17/h3-8,10-14H,9H2,1-2H3,(H2,23,24,25,26). The molecular weight excluding hydrogens is 327 g/mol. The molecule has 0 bridgehead atoms. The Balaban J connectivity index is 1.72. The first-order valence-corrected chi connectivity index (χ1v) is 8.44. The summed E-state index contributed by atoms with van der Waals surface area (Å²) >= 11 is 0. The molecule has 132 valence electrons. The van der Waals surface area contributed by atoms with Crippen molar-refractivity contribution in [2.45, 2.75) is 20.3 Å². The number of benzene rings is 2. The molecule has 0 aliphatic carbocycles. The van der Waals surface area contributed by atoms with Crippen LogP contribution in [0.15, 0.2) is 72.4 Å². The van der Waals surface area contributed by atoms with Crippen LogP contribution in [0.3, 0.4) is 0 Å². The molecule has 0 fully saturated rings. The maximum Gasteiger partial charge on any atom is 0.229 e. The molecular formula is C21H21FN4. The third-order valence-electron chi connectivity index (χ3n) is 3.74. The number of rotatable bonds is 6. The summed E-state index contributed by atoms with van der Waals surface area (Å²) in [4.78, 5) is 8.21. The van der Waals surface area contributed by atoms with E-state index in [9.17, 15) is 4.39 Å². The molecule has 0 aliphatic heterocycles. The van der Waals surface area contributed by atoms with E-state index in [0.717, 1.165) is 24.0 Å². The summed E-state index contributed by atoms with van der Waals surface area (Å²) in [5.41, 5.74) is 4.10. The maximum atomic E-state index is 14.1. The summed E-state index contributed by atoms with van der Waals surface area (Å²) in [6, 6.07) is 17.4. The fourth-order valence-electron chi connectivity index (χ4n) is 2.35. The van der Waals surface area contributed by atoms with Crippen LogP contribution in [0.4, 0.5) is 27.5 Å². The van der Waals surface area contributed by atoms with Crippen LogP contribution in [0.2, 0.25) is 0 Å². The highest BCUT2D eigenvalue weighted by atomic mass is 19.1. The number of nitrogens with one attached hydrogen (secondary N) is 2. The Labute approximate surface area is 152 Å². The molecule has 0 radical (unpaired) electrons. The zero-order valence-electron chi connectivity index (χ0n) is 14.8. The van der Waals surface area contributed by atoms with Crippen molar-refractivity contribution in [3.8, 4) is 0 Å². The normalized spacial score (nSPS) is 10.3. The van der Waals surface area contributed by atoms with E-state index in [4.69, 9.17) is 0 Å². The molecule has 4 nitrogen and oxygen atoms in total. The maximum absolute atomic E-state index is 14.1. The highest BCUT2D eigenvalue weighted by Crippen LogP contribution is 2.21. The van der Waals surface area contributed by atoms with Crippen molar-refractivity contribution < 1.29 is 4.39 Å². The van der Waals surface area contributed by atoms with Gasteiger partial charge in [-0.15, -0.1) is 0 Å². The monoisotopic (exact) mass is 348 g/mol. The molecule has 5 heteroatoms. The number of hydrogen-bond donors (Lipinski definition) is 2. The van der Waals surface area contributed by atoms with Crippen molar-refractivity contribution in [1.29, 1.82) is 0 Å². The first-order valence-electron chi connectivity index (χ1n) is 8.44. The number of nitrogens with zero attached hydrogens (tertiary/aromatic N) is 2. The molecule has 3 aromatic rings. The van der Waals surface area contributed by atoms with Crippen molar-refractivity contribution in [2.24, 2.45) is 0 Å². The SMILES string of the molecule is CC(C)=CCc1ccc(Nc2nc(Nc3ccccc3)ncc2F)cc1. The van der Waals surface area contributed by atoms with Gasteiger partial charge < -0.3 is 10.6 Å². The van der Waals surface area contributed by atoms with Gasteiger partial charge in [0.25, 0.3) is 0 Å². The van der Waals surface area contributed by atoms with Gasteiger partial charge in [-0.3, -0.25) is 0 Å². The second-order valence-electron chi connectivity index (χ2n) is 6.19. The summed E-state index contributed by atoms with van der Waals surface area (Å²) in [7, 11) is 0. The van der Waals surface area contributed by atoms with Crippen LogP contribution >= 0.6 is 0 Å². The molecule has 2 N–H and O–H groups in total. The lowest BCUT2D eigenvalue weighted by Gasteiger charge is -2.10. The minimum Gasteiger partial charge on any atom is -0.338 e. The number of halogens is 1. The minimum atomic E-state index is -0.503. The summed E-state index contributed by atoms with van der Waals surface area (Å²) in [6.45, 7) is 4.16. The second-order valence-corrected chi connectivity index (χ2v) is 6.19. The number of allylic oxidation sites excluding steroid dienone is 2. The lowest BCUT2D eigenvalue weighted by Crippen LogP contribution is -2.03. The Morgan fingerprint density at radius 3 is 2.35 bits per heavy atom. The van der Waals surface area contributed by atoms with Crippen LogP contribution in [-0.2, 0) is 6.42 Å². The fraction of sp³-hybridized carbons (Fsp3) is 0.143. The van der Waals surface area contributed by atoms with Gasteiger partial charge in [0, 0.05) is 11.4 Å². The second kappa shape index (κ2) is 8.25. The van der Waals surface area contributed by atoms with Crippen LogP contribution in [0.1, 0.15) is 19.4 Å². The minimum absolute atomic E-state index is 0.135. The topological polar surface area (TPSA) is 49.8 Å². The van der Waals surface area contributed by atoms with Gasteiger partial charge in [-0.05, 0) is 50.1 Å². The Morgan fingerprint density at radius 2 is 1.65 bits per heavy atom. The number of hydrogen-bond acceptors (Lipinski definition) is 4. The molecule has 26 heavy (non-hydrogen) atoms. The van der Waals surface area contributed by atoms with Crippen LogP contribution in [0, 0.1) is 5.82 Å². The largest absolute Gasteiger partial charge is 0.338 e. The molecule has 3 rings (SSSR count). The average Bonchev–Trinajstić information content (AvgIpc) is 2.65. The van der Waals surface area contributed by atoms with Gasteiger partial charge in [0.05, 0.1) is 6.20 Å². The smallest absolute Gasteiger partial charge is 0.229 e. The number of anilines is 4. The molecule has 0 amide bonds. The first-order chi connectivity index (χ1) is 12.6.